The molecule has 0 aliphatic heterocycles. The normalized spacial score (nSPS) is 12.0. The molecule has 0 unspecified atom stereocenters. The van der Waals surface area contributed by atoms with E-state index in [0.29, 0.717) is 19.3 Å². The van der Waals surface area contributed by atoms with Crippen molar-refractivity contribution >= 4 is 17.9 Å². The molecule has 0 rings (SSSR count). The van der Waals surface area contributed by atoms with Crippen LogP contribution in [0.3, 0.4) is 0 Å². The molecule has 6 nitrogen and oxygen atoms in total. The van der Waals surface area contributed by atoms with Gasteiger partial charge in [-0.05, 0) is 31.1 Å². The smallest absolute Gasteiger partial charge is 0.306 e. The van der Waals surface area contributed by atoms with Gasteiger partial charge in [-0.2, -0.15) is 0 Å². The predicted octanol–water partition coefficient (Wildman–Crippen LogP) is 20.0. The number of ether oxygens (including phenoxy) is 3. The Labute approximate surface area is 418 Å². The summed E-state index contributed by atoms with van der Waals surface area (Å²) < 4.78 is 16.9. The van der Waals surface area contributed by atoms with Gasteiger partial charge in [-0.1, -0.05) is 304 Å². The summed E-state index contributed by atoms with van der Waals surface area (Å²) in [6.07, 6.45) is 58.2. The van der Waals surface area contributed by atoms with E-state index in [1.807, 2.05) is 0 Å². The highest BCUT2D eigenvalue weighted by Crippen LogP contribution is 2.19. The largest absolute Gasteiger partial charge is 0.462 e. The van der Waals surface area contributed by atoms with E-state index in [0.717, 1.165) is 69.6 Å². The second-order valence-electron chi connectivity index (χ2n) is 21.9. The van der Waals surface area contributed by atoms with E-state index in [1.165, 1.54) is 231 Å². The lowest BCUT2D eigenvalue weighted by Crippen LogP contribution is -2.30. The summed E-state index contributed by atoms with van der Waals surface area (Å²) in [7, 11) is 0. The molecule has 0 aromatic rings. The van der Waals surface area contributed by atoms with Crippen molar-refractivity contribution in [3.05, 3.63) is 0 Å². The number of carbonyl (C=O) groups excluding carboxylic acids is 3. The Balaban J connectivity index is 4.18. The molecule has 6 heteroatoms. The molecule has 0 bridgehead atoms. The van der Waals surface area contributed by atoms with Gasteiger partial charge in [-0.15, -0.1) is 0 Å². The monoisotopic (exact) mass is 947 g/mol. The van der Waals surface area contributed by atoms with Crippen molar-refractivity contribution in [3.8, 4) is 0 Å². The fourth-order valence-electron chi connectivity index (χ4n) is 9.40. The number of unbranched alkanes of at least 4 members (excludes halogenated alkanes) is 40. The molecule has 0 aromatic carbocycles. The number of esters is 3. The van der Waals surface area contributed by atoms with Crippen LogP contribution in [0.5, 0.6) is 0 Å². The van der Waals surface area contributed by atoms with Gasteiger partial charge in [0.05, 0.1) is 0 Å². The van der Waals surface area contributed by atoms with Crippen LogP contribution in [0.15, 0.2) is 0 Å². The van der Waals surface area contributed by atoms with Crippen molar-refractivity contribution in [1.29, 1.82) is 0 Å². The second kappa shape index (κ2) is 53.8. The average Bonchev–Trinajstić information content (AvgIpc) is 3.30. The first-order valence-electron chi connectivity index (χ1n) is 30.2. The van der Waals surface area contributed by atoms with E-state index in [-0.39, 0.29) is 31.1 Å². The molecule has 0 radical (unpaired) electrons. The minimum Gasteiger partial charge on any atom is -0.462 e. The summed E-state index contributed by atoms with van der Waals surface area (Å²) >= 11 is 0. The molecule has 0 saturated carbocycles. The Kier molecular flexibility index (Phi) is 52.5. The van der Waals surface area contributed by atoms with Gasteiger partial charge in [0.1, 0.15) is 13.2 Å². The van der Waals surface area contributed by atoms with Crippen molar-refractivity contribution in [2.75, 3.05) is 13.2 Å². The van der Waals surface area contributed by atoms with Crippen LogP contribution < -0.4 is 0 Å². The van der Waals surface area contributed by atoms with E-state index in [4.69, 9.17) is 14.2 Å². The molecule has 0 aromatic heterocycles. The van der Waals surface area contributed by atoms with Gasteiger partial charge in [0, 0.05) is 19.3 Å². The summed E-state index contributed by atoms with van der Waals surface area (Å²) in [5, 5.41) is 0. The number of hydrogen-bond acceptors (Lipinski definition) is 6. The van der Waals surface area contributed by atoms with Crippen molar-refractivity contribution in [2.24, 2.45) is 11.8 Å². The third-order valence-corrected chi connectivity index (χ3v) is 14.0. The quantitative estimate of drug-likeness (QED) is 0.0343. The molecule has 0 heterocycles. The summed E-state index contributed by atoms with van der Waals surface area (Å²) in [5.41, 5.74) is 0. The lowest BCUT2D eigenvalue weighted by molar-refractivity contribution is -0.167. The van der Waals surface area contributed by atoms with E-state index >= 15 is 0 Å². The van der Waals surface area contributed by atoms with Crippen LogP contribution in [0.1, 0.15) is 343 Å². The Bertz CT molecular complexity index is 1020. The van der Waals surface area contributed by atoms with Crippen molar-refractivity contribution in [2.45, 2.75) is 349 Å². The first-order valence-corrected chi connectivity index (χ1v) is 30.2. The van der Waals surface area contributed by atoms with Crippen LogP contribution in [0.4, 0.5) is 0 Å². The second-order valence-corrected chi connectivity index (χ2v) is 21.9. The molecule has 1 atom stereocenters. The van der Waals surface area contributed by atoms with Gasteiger partial charge in [-0.25, -0.2) is 0 Å². The number of carbonyl (C=O) groups is 3. The molecule has 0 saturated heterocycles. The van der Waals surface area contributed by atoms with Crippen LogP contribution in [-0.2, 0) is 28.6 Å². The maximum atomic E-state index is 12.9. The van der Waals surface area contributed by atoms with Crippen LogP contribution in [0.25, 0.3) is 0 Å². The summed E-state index contributed by atoms with van der Waals surface area (Å²) in [6, 6.07) is 0. The highest BCUT2D eigenvalue weighted by molar-refractivity contribution is 5.71. The Hall–Kier alpha value is -1.59. The van der Waals surface area contributed by atoms with Gasteiger partial charge in [0.15, 0.2) is 6.10 Å². The van der Waals surface area contributed by atoms with E-state index in [9.17, 15) is 14.4 Å². The molecular formula is C61H118O6. The van der Waals surface area contributed by atoms with Gasteiger partial charge in [0.2, 0.25) is 0 Å². The van der Waals surface area contributed by atoms with Crippen LogP contribution in [0.2, 0.25) is 0 Å². The molecule has 0 spiro atoms. The zero-order valence-corrected chi connectivity index (χ0v) is 46.0. The molecule has 67 heavy (non-hydrogen) atoms. The van der Waals surface area contributed by atoms with Crippen molar-refractivity contribution < 1.29 is 28.6 Å². The molecular weight excluding hydrogens is 829 g/mol. The maximum absolute atomic E-state index is 12.9. The predicted molar refractivity (Wildman–Crippen MR) is 289 cm³/mol. The lowest BCUT2D eigenvalue weighted by Gasteiger charge is -2.18. The Morgan fingerprint density at radius 1 is 0.284 bits per heavy atom. The van der Waals surface area contributed by atoms with E-state index < -0.39 is 6.10 Å². The molecule has 0 aliphatic carbocycles. The van der Waals surface area contributed by atoms with Crippen molar-refractivity contribution in [3.63, 3.8) is 0 Å². The van der Waals surface area contributed by atoms with E-state index in [1.54, 1.807) is 0 Å². The number of rotatable bonds is 55. The summed E-state index contributed by atoms with van der Waals surface area (Å²) in [5.74, 6) is 0.872. The third-order valence-electron chi connectivity index (χ3n) is 14.0. The summed E-state index contributed by atoms with van der Waals surface area (Å²) in [6.45, 7) is 11.4. The highest BCUT2D eigenvalue weighted by Gasteiger charge is 2.19. The van der Waals surface area contributed by atoms with Crippen LogP contribution in [-0.4, -0.2) is 37.2 Å². The topological polar surface area (TPSA) is 78.9 Å². The molecule has 0 aliphatic rings. The molecule has 0 fully saturated rings. The molecule has 398 valence electrons. The number of hydrogen-bond donors (Lipinski definition) is 0. The standard InChI is InChI=1S/C61H118O6/c1-6-7-8-9-10-29-36-41-46-51-59(62)65-54-58(55-66-60(63)52-47-42-37-32-27-23-19-16-15-18-22-26-31-35-40-45-50-57(4)5)67-61(64)53-48-43-38-33-28-24-20-14-12-11-13-17-21-25-30-34-39-44-49-56(2)3/h56-58H,6-55H2,1-5H3/t58-/m1/s1. The fraction of sp³-hybridized carbons (Fsp3) is 0.951. The Morgan fingerprint density at radius 3 is 0.731 bits per heavy atom. The average molecular weight is 948 g/mol. The zero-order valence-electron chi connectivity index (χ0n) is 46.0. The maximum Gasteiger partial charge on any atom is 0.306 e. The van der Waals surface area contributed by atoms with Crippen LogP contribution >= 0.6 is 0 Å². The first-order chi connectivity index (χ1) is 32.7. The van der Waals surface area contributed by atoms with E-state index in [2.05, 4.69) is 34.6 Å². The SMILES string of the molecule is CCCCCCCCCCCC(=O)OC[C@H](COC(=O)CCCCCCCCCCCCCCCCCCC(C)C)OC(=O)CCCCCCCCCCCCCCCCCCCCC(C)C. The minimum atomic E-state index is -0.762. The van der Waals surface area contributed by atoms with Crippen LogP contribution in [0, 0.1) is 11.8 Å². The van der Waals surface area contributed by atoms with Gasteiger partial charge in [-0.3, -0.25) is 14.4 Å². The fourth-order valence-corrected chi connectivity index (χ4v) is 9.40. The van der Waals surface area contributed by atoms with Gasteiger partial charge < -0.3 is 14.2 Å². The zero-order chi connectivity index (χ0) is 48.9. The van der Waals surface area contributed by atoms with Gasteiger partial charge in [0.25, 0.3) is 0 Å². The Morgan fingerprint density at radius 2 is 0.493 bits per heavy atom. The highest BCUT2D eigenvalue weighted by atomic mass is 16.6. The molecule has 0 amide bonds. The molecule has 0 N–H and O–H groups in total. The minimum absolute atomic E-state index is 0.0624. The summed E-state index contributed by atoms with van der Waals surface area (Å²) in [4.78, 5) is 38.1. The first kappa shape index (κ1) is 65.4. The van der Waals surface area contributed by atoms with Gasteiger partial charge >= 0.3 is 17.9 Å². The van der Waals surface area contributed by atoms with Crippen molar-refractivity contribution in [1.82, 2.24) is 0 Å². The third kappa shape index (κ3) is 55.2. The lowest BCUT2D eigenvalue weighted by atomic mass is 10.0.